The van der Waals surface area contributed by atoms with E-state index in [2.05, 4.69) is 125 Å². The molecule has 142 valence electrons. The van der Waals surface area contributed by atoms with Crippen LogP contribution in [0.4, 0.5) is 11.4 Å². The van der Waals surface area contributed by atoms with Crippen molar-refractivity contribution < 1.29 is 0 Å². The fourth-order valence-corrected chi connectivity index (χ4v) is 4.39. The molecule has 0 atom stereocenters. The van der Waals surface area contributed by atoms with E-state index in [0.717, 1.165) is 17.1 Å². The Morgan fingerprint density at radius 1 is 0.533 bits per heavy atom. The molecule has 0 aliphatic rings. The van der Waals surface area contributed by atoms with E-state index in [0.29, 0.717) is 0 Å². The molecular weight excluding hydrogens is 364 g/mol. The zero-order valence-corrected chi connectivity index (χ0v) is 16.4. The number of hydrogen-bond acceptors (Lipinski definition) is 1. The fraction of sp³-hybridized carbons (Fsp3) is 0. The number of anilines is 2. The van der Waals surface area contributed by atoms with Crippen LogP contribution < -0.4 is 5.32 Å². The number of hydrogen-bond donors (Lipinski definition) is 1. The number of fused-ring (bicyclic) bond motifs is 4. The molecule has 6 rings (SSSR count). The van der Waals surface area contributed by atoms with Crippen molar-refractivity contribution in [1.82, 2.24) is 4.57 Å². The van der Waals surface area contributed by atoms with E-state index in [1.807, 2.05) is 0 Å². The lowest BCUT2D eigenvalue weighted by Crippen LogP contribution is -1.98. The van der Waals surface area contributed by atoms with Gasteiger partial charge in [-0.3, -0.25) is 0 Å². The molecule has 6 aromatic rings. The molecule has 0 spiro atoms. The van der Waals surface area contributed by atoms with E-state index in [-0.39, 0.29) is 0 Å². The maximum Gasteiger partial charge on any atom is 0.0776 e. The summed E-state index contributed by atoms with van der Waals surface area (Å²) < 4.78 is 2.36. The van der Waals surface area contributed by atoms with Gasteiger partial charge in [0.05, 0.1) is 16.7 Å². The van der Waals surface area contributed by atoms with Crippen molar-refractivity contribution in [3.05, 3.63) is 115 Å². The van der Waals surface area contributed by atoms with E-state index >= 15 is 0 Å². The monoisotopic (exact) mass is 384 g/mol. The van der Waals surface area contributed by atoms with E-state index in [4.69, 9.17) is 0 Å². The molecule has 0 aliphatic heterocycles. The maximum atomic E-state index is 3.69. The number of aromatic nitrogens is 1. The second-order valence-corrected chi connectivity index (χ2v) is 7.58. The Labute approximate surface area is 175 Å². The van der Waals surface area contributed by atoms with Crippen LogP contribution >= 0.6 is 0 Å². The summed E-state index contributed by atoms with van der Waals surface area (Å²) in [4.78, 5) is 0. The van der Waals surface area contributed by atoms with Crippen LogP contribution in [0.25, 0.3) is 38.3 Å². The van der Waals surface area contributed by atoms with Gasteiger partial charge < -0.3 is 9.88 Å². The predicted molar refractivity (Wildman–Crippen MR) is 128 cm³/mol. The third kappa shape index (κ3) is 2.66. The minimum Gasteiger partial charge on any atom is -0.354 e. The summed E-state index contributed by atoms with van der Waals surface area (Å²) in [5.74, 6) is 0. The Kier molecular flexibility index (Phi) is 3.82. The smallest absolute Gasteiger partial charge is 0.0776 e. The van der Waals surface area contributed by atoms with Crippen LogP contribution in [-0.2, 0) is 0 Å². The number of para-hydroxylation sites is 3. The number of rotatable bonds is 3. The molecule has 0 aliphatic carbocycles. The largest absolute Gasteiger partial charge is 0.354 e. The summed E-state index contributed by atoms with van der Waals surface area (Å²) in [7, 11) is 0. The number of nitrogens with one attached hydrogen (secondary N) is 1. The molecule has 5 aromatic carbocycles. The highest BCUT2D eigenvalue weighted by atomic mass is 15.0. The molecule has 2 heteroatoms. The Morgan fingerprint density at radius 3 is 2.17 bits per heavy atom. The Morgan fingerprint density at radius 2 is 1.27 bits per heavy atom. The SMILES string of the molecule is c1ccc(-n2c3ccccc3c3cccc(Nc4ccc5ccccc5c4)c32)cc1. The Hall–Kier alpha value is -4.04. The molecular formula is C28H20N2. The average Bonchev–Trinajstić information content (AvgIpc) is 3.15. The Balaban J connectivity index is 1.61. The van der Waals surface area contributed by atoms with Gasteiger partial charge in [-0.15, -0.1) is 0 Å². The van der Waals surface area contributed by atoms with Crippen LogP contribution in [0.2, 0.25) is 0 Å². The molecule has 0 radical (unpaired) electrons. The van der Waals surface area contributed by atoms with Crippen molar-refractivity contribution in [2.24, 2.45) is 0 Å². The second kappa shape index (κ2) is 6.78. The van der Waals surface area contributed by atoms with Gasteiger partial charge in [-0.25, -0.2) is 0 Å². The zero-order chi connectivity index (χ0) is 19.9. The van der Waals surface area contributed by atoms with Crippen LogP contribution in [0, 0.1) is 0 Å². The average molecular weight is 384 g/mol. The lowest BCUT2D eigenvalue weighted by molar-refractivity contribution is 1.18. The molecule has 30 heavy (non-hydrogen) atoms. The van der Waals surface area contributed by atoms with Crippen molar-refractivity contribution >= 4 is 44.0 Å². The van der Waals surface area contributed by atoms with Crippen molar-refractivity contribution in [3.8, 4) is 5.69 Å². The van der Waals surface area contributed by atoms with Crippen molar-refractivity contribution in [2.45, 2.75) is 0 Å². The lowest BCUT2D eigenvalue weighted by atomic mass is 10.1. The molecule has 0 fully saturated rings. The van der Waals surface area contributed by atoms with E-state index < -0.39 is 0 Å². The third-order valence-electron chi connectivity index (χ3n) is 5.74. The van der Waals surface area contributed by atoms with Crippen LogP contribution in [-0.4, -0.2) is 4.57 Å². The summed E-state index contributed by atoms with van der Waals surface area (Å²) in [6.07, 6.45) is 0. The van der Waals surface area contributed by atoms with Gasteiger partial charge in [0, 0.05) is 22.1 Å². The predicted octanol–water partition coefficient (Wildman–Crippen LogP) is 7.68. The van der Waals surface area contributed by atoms with Crippen molar-refractivity contribution in [2.75, 3.05) is 5.32 Å². The number of benzene rings is 5. The normalized spacial score (nSPS) is 11.3. The molecule has 0 saturated carbocycles. The highest BCUT2D eigenvalue weighted by Gasteiger charge is 2.15. The molecule has 1 heterocycles. The Bertz CT molecular complexity index is 1510. The van der Waals surface area contributed by atoms with E-state index in [1.54, 1.807) is 0 Å². The summed E-state index contributed by atoms with van der Waals surface area (Å²) in [5, 5.41) is 8.69. The fourth-order valence-electron chi connectivity index (χ4n) is 4.39. The summed E-state index contributed by atoms with van der Waals surface area (Å²) >= 11 is 0. The second-order valence-electron chi connectivity index (χ2n) is 7.58. The summed E-state index contributed by atoms with van der Waals surface area (Å²) in [6, 6.07) is 40.7. The van der Waals surface area contributed by atoms with Gasteiger partial charge in [-0.2, -0.15) is 0 Å². The molecule has 0 unspecified atom stereocenters. The highest BCUT2D eigenvalue weighted by Crippen LogP contribution is 2.37. The van der Waals surface area contributed by atoms with Gasteiger partial charge in [0.15, 0.2) is 0 Å². The van der Waals surface area contributed by atoms with Gasteiger partial charge in [-0.1, -0.05) is 78.9 Å². The van der Waals surface area contributed by atoms with E-state index in [9.17, 15) is 0 Å². The molecule has 0 saturated heterocycles. The molecule has 0 amide bonds. The van der Waals surface area contributed by atoms with Gasteiger partial charge in [0.2, 0.25) is 0 Å². The molecule has 2 nitrogen and oxygen atoms in total. The highest BCUT2D eigenvalue weighted by molar-refractivity contribution is 6.13. The van der Waals surface area contributed by atoms with Crippen molar-refractivity contribution in [1.29, 1.82) is 0 Å². The van der Waals surface area contributed by atoms with E-state index in [1.165, 1.54) is 32.6 Å². The van der Waals surface area contributed by atoms with Crippen LogP contribution in [0.3, 0.4) is 0 Å². The first-order valence-electron chi connectivity index (χ1n) is 10.2. The molecule has 0 bridgehead atoms. The lowest BCUT2D eigenvalue weighted by Gasteiger charge is -2.13. The van der Waals surface area contributed by atoms with Crippen molar-refractivity contribution in [3.63, 3.8) is 0 Å². The number of nitrogens with zero attached hydrogens (tertiary/aromatic N) is 1. The first kappa shape index (κ1) is 16.9. The minimum absolute atomic E-state index is 1.09. The van der Waals surface area contributed by atoms with Gasteiger partial charge in [0.1, 0.15) is 0 Å². The van der Waals surface area contributed by atoms with Crippen LogP contribution in [0.1, 0.15) is 0 Å². The first-order valence-corrected chi connectivity index (χ1v) is 10.2. The maximum absolute atomic E-state index is 3.69. The summed E-state index contributed by atoms with van der Waals surface area (Å²) in [6.45, 7) is 0. The third-order valence-corrected chi connectivity index (χ3v) is 5.74. The molecule has 1 aromatic heterocycles. The van der Waals surface area contributed by atoms with Crippen LogP contribution in [0.15, 0.2) is 115 Å². The first-order chi connectivity index (χ1) is 14.9. The standard InChI is InChI=1S/C28H20N2/c1-2-11-23(12-3-1)30-27-16-7-6-13-24(27)25-14-8-15-26(28(25)30)29-22-18-17-20-9-4-5-10-21(20)19-22/h1-19,29H. The van der Waals surface area contributed by atoms with Gasteiger partial charge >= 0.3 is 0 Å². The topological polar surface area (TPSA) is 17.0 Å². The van der Waals surface area contributed by atoms with Gasteiger partial charge in [-0.05, 0) is 47.2 Å². The zero-order valence-electron chi connectivity index (χ0n) is 16.4. The van der Waals surface area contributed by atoms with Gasteiger partial charge in [0.25, 0.3) is 0 Å². The van der Waals surface area contributed by atoms with Crippen LogP contribution in [0.5, 0.6) is 0 Å². The molecule has 1 N–H and O–H groups in total. The summed E-state index contributed by atoms with van der Waals surface area (Å²) in [5.41, 5.74) is 5.76. The minimum atomic E-state index is 1.09. The quantitative estimate of drug-likeness (QED) is 0.331.